The maximum absolute atomic E-state index is 4.56. The van der Waals surface area contributed by atoms with E-state index in [-0.39, 0.29) is 0 Å². The van der Waals surface area contributed by atoms with Crippen molar-refractivity contribution in [1.29, 1.82) is 0 Å². The van der Waals surface area contributed by atoms with Crippen LogP contribution < -0.4 is 10.2 Å². The van der Waals surface area contributed by atoms with Gasteiger partial charge in [0.2, 0.25) is 0 Å². The summed E-state index contributed by atoms with van der Waals surface area (Å²) in [7, 11) is 4.11. The summed E-state index contributed by atoms with van der Waals surface area (Å²) in [5.41, 5.74) is 6.76. The molecule has 26 heavy (non-hydrogen) atoms. The van der Waals surface area contributed by atoms with E-state index < -0.39 is 0 Å². The second-order valence-electron chi connectivity index (χ2n) is 6.57. The van der Waals surface area contributed by atoms with Gasteiger partial charge in [-0.2, -0.15) is 0 Å². The first-order chi connectivity index (χ1) is 12.7. The SMILES string of the molecule is CN(C)c1ccc(CNc2ccc3c(c2)ncn3-c2ccccc2)cc1. The number of fused-ring (bicyclic) bond motifs is 1. The Labute approximate surface area is 153 Å². The third kappa shape index (κ3) is 3.26. The molecule has 0 saturated heterocycles. The van der Waals surface area contributed by atoms with Crippen LogP contribution >= 0.6 is 0 Å². The monoisotopic (exact) mass is 342 g/mol. The minimum absolute atomic E-state index is 0.790. The van der Waals surface area contributed by atoms with Gasteiger partial charge in [-0.3, -0.25) is 4.57 Å². The lowest BCUT2D eigenvalue weighted by molar-refractivity contribution is 1.09. The Bertz CT molecular complexity index is 1000. The normalized spacial score (nSPS) is 10.8. The molecule has 1 N–H and O–H groups in total. The van der Waals surface area contributed by atoms with Gasteiger partial charge in [-0.05, 0) is 48.0 Å². The van der Waals surface area contributed by atoms with E-state index in [1.807, 2.05) is 24.5 Å². The number of anilines is 2. The summed E-state index contributed by atoms with van der Waals surface area (Å²) in [5, 5.41) is 3.49. The molecule has 4 heteroatoms. The van der Waals surface area contributed by atoms with Gasteiger partial charge < -0.3 is 10.2 Å². The predicted octanol–water partition coefficient (Wildman–Crippen LogP) is 4.70. The van der Waals surface area contributed by atoms with Crippen molar-refractivity contribution in [3.05, 3.63) is 84.7 Å². The lowest BCUT2D eigenvalue weighted by Crippen LogP contribution is -2.08. The smallest absolute Gasteiger partial charge is 0.100 e. The third-order valence-electron chi connectivity index (χ3n) is 4.53. The van der Waals surface area contributed by atoms with E-state index in [0.717, 1.165) is 29.0 Å². The molecule has 0 fully saturated rings. The second kappa shape index (κ2) is 6.92. The number of imidazole rings is 1. The van der Waals surface area contributed by atoms with Crippen molar-refractivity contribution >= 4 is 22.4 Å². The van der Waals surface area contributed by atoms with E-state index in [0.29, 0.717) is 0 Å². The Balaban J connectivity index is 1.51. The average Bonchev–Trinajstić information content (AvgIpc) is 3.10. The fourth-order valence-corrected chi connectivity index (χ4v) is 3.03. The summed E-state index contributed by atoms with van der Waals surface area (Å²) in [6, 6.07) is 25.2. The van der Waals surface area contributed by atoms with E-state index >= 15 is 0 Å². The molecule has 0 spiro atoms. The van der Waals surface area contributed by atoms with Crippen molar-refractivity contribution in [1.82, 2.24) is 9.55 Å². The molecule has 4 rings (SSSR count). The lowest BCUT2D eigenvalue weighted by Gasteiger charge is -2.13. The number of aromatic nitrogens is 2. The minimum atomic E-state index is 0.790. The molecule has 4 nitrogen and oxygen atoms in total. The van der Waals surface area contributed by atoms with Crippen LogP contribution in [0.15, 0.2) is 79.1 Å². The van der Waals surface area contributed by atoms with Crippen molar-refractivity contribution in [2.24, 2.45) is 0 Å². The summed E-state index contributed by atoms with van der Waals surface area (Å²) < 4.78 is 2.11. The largest absolute Gasteiger partial charge is 0.381 e. The van der Waals surface area contributed by atoms with Crippen molar-refractivity contribution in [2.45, 2.75) is 6.54 Å². The second-order valence-corrected chi connectivity index (χ2v) is 6.57. The molecule has 3 aromatic carbocycles. The molecule has 0 radical (unpaired) electrons. The maximum Gasteiger partial charge on any atom is 0.100 e. The molecule has 0 saturated carbocycles. The van der Waals surface area contributed by atoms with Crippen LogP contribution in [-0.2, 0) is 6.54 Å². The number of hydrogen-bond acceptors (Lipinski definition) is 3. The molecule has 0 bridgehead atoms. The Morgan fingerprint density at radius 3 is 2.42 bits per heavy atom. The van der Waals surface area contributed by atoms with Crippen molar-refractivity contribution in [3.8, 4) is 5.69 Å². The van der Waals surface area contributed by atoms with Crippen LogP contribution in [0, 0.1) is 0 Å². The molecule has 1 aromatic heterocycles. The fraction of sp³-hybridized carbons (Fsp3) is 0.136. The number of nitrogens with zero attached hydrogens (tertiary/aromatic N) is 3. The molecule has 0 amide bonds. The van der Waals surface area contributed by atoms with Crippen molar-refractivity contribution < 1.29 is 0 Å². The van der Waals surface area contributed by atoms with E-state index in [2.05, 4.69) is 88.5 Å². The van der Waals surface area contributed by atoms with Gasteiger partial charge in [0, 0.05) is 37.7 Å². The van der Waals surface area contributed by atoms with Crippen LogP contribution in [0.1, 0.15) is 5.56 Å². The van der Waals surface area contributed by atoms with Gasteiger partial charge in [-0.25, -0.2) is 4.98 Å². The van der Waals surface area contributed by atoms with Crippen molar-refractivity contribution in [3.63, 3.8) is 0 Å². The molecule has 1 heterocycles. The molecule has 0 aliphatic rings. The molecule has 4 aromatic rings. The molecular formula is C22H22N4. The maximum atomic E-state index is 4.56. The van der Waals surface area contributed by atoms with Crippen LogP contribution in [-0.4, -0.2) is 23.6 Å². The van der Waals surface area contributed by atoms with Gasteiger partial charge >= 0.3 is 0 Å². The first kappa shape index (κ1) is 16.2. The van der Waals surface area contributed by atoms with Crippen LogP contribution in [0.5, 0.6) is 0 Å². The molecule has 0 unspecified atom stereocenters. The Hall–Kier alpha value is -3.27. The topological polar surface area (TPSA) is 33.1 Å². The highest BCUT2D eigenvalue weighted by atomic mass is 15.1. The van der Waals surface area contributed by atoms with Gasteiger partial charge in [-0.1, -0.05) is 30.3 Å². The van der Waals surface area contributed by atoms with Crippen molar-refractivity contribution in [2.75, 3.05) is 24.3 Å². The summed E-state index contributed by atoms with van der Waals surface area (Å²) >= 11 is 0. The number of benzene rings is 3. The quantitative estimate of drug-likeness (QED) is 0.570. The third-order valence-corrected chi connectivity index (χ3v) is 4.53. The summed E-state index contributed by atoms with van der Waals surface area (Å²) in [6.07, 6.45) is 1.88. The Morgan fingerprint density at radius 1 is 0.923 bits per heavy atom. The highest BCUT2D eigenvalue weighted by Crippen LogP contribution is 2.22. The zero-order valence-corrected chi connectivity index (χ0v) is 15.1. The Kier molecular flexibility index (Phi) is 4.32. The standard InChI is InChI=1S/C22H22N4/c1-25(2)19-11-8-17(9-12-19)15-23-18-10-13-22-21(14-18)24-16-26(22)20-6-4-3-5-7-20/h3-14,16,23H,15H2,1-2H3. The van der Waals surface area contributed by atoms with Crippen LogP contribution in [0.25, 0.3) is 16.7 Å². The first-order valence-electron chi connectivity index (χ1n) is 8.73. The summed E-state index contributed by atoms with van der Waals surface area (Å²) in [5.74, 6) is 0. The highest BCUT2D eigenvalue weighted by Gasteiger charge is 2.05. The van der Waals surface area contributed by atoms with E-state index in [9.17, 15) is 0 Å². The molecule has 0 aliphatic carbocycles. The Morgan fingerprint density at radius 2 is 1.69 bits per heavy atom. The zero-order valence-electron chi connectivity index (χ0n) is 15.1. The minimum Gasteiger partial charge on any atom is -0.381 e. The molecule has 0 atom stereocenters. The highest BCUT2D eigenvalue weighted by molar-refractivity contribution is 5.81. The van der Waals surface area contributed by atoms with E-state index in [1.165, 1.54) is 11.3 Å². The van der Waals surface area contributed by atoms with Gasteiger partial charge in [0.15, 0.2) is 0 Å². The molecular weight excluding hydrogens is 320 g/mol. The van der Waals surface area contributed by atoms with Crippen LogP contribution in [0.3, 0.4) is 0 Å². The summed E-state index contributed by atoms with van der Waals surface area (Å²) in [4.78, 5) is 6.66. The first-order valence-corrected chi connectivity index (χ1v) is 8.73. The van der Waals surface area contributed by atoms with Crippen LogP contribution in [0.2, 0.25) is 0 Å². The van der Waals surface area contributed by atoms with Gasteiger partial charge in [0.25, 0.3) is 0 Å². The summed E-state index contributed by atoms with van der Waals surface area (Å²) in [6.45, 7) is 0.790. The number of hydrogen-bond donors (Lipinski definition) is 1. The lowest BCUT2D eigenvalue weighted by atomic mass is 10.2. The van der Waals surface area contributed by atoms with E-state index in [1.54, 1.807) is 0 Å². The van der Waals surface area contributed by atoms with Gasteiger partial charge in [0.05, 0.1) is 11.0 Å². The van der Waals surface area contributed by atoms with E-state index in [4.69, 9.17) is 0 Å². The predicted molar refractivity (Wildman–Crippen MR) is 109 cm³/mol. The zero-order chi connectivity index (χ0) is 17.9. The van der Waals surface area contributed by atoms with Gasteiger partial charge in [0.1, 0.15) is 6.33 Å². The van der Waals surface area contributed by atoms with Gasteiger partial charge in [-0.15, -0.1) is 0 Å². The number of para-hydroxylation sites is 1. The molecule has 0 aliphatic heterocycles. The van der Waals surface area contributed by atoms with Crippen LogP contribution in [0.4, 0.5) is 11.4 Å². The average molecular weight is 342 g/mol. The molecule has 130 valence electrons. The number of nitrogens with one attached hydrogen (secondary N) is 1. The fourth-order valence-electron chi connectivity index (χ4n) is 3.03. The number of rotatable bonds is 5.